The molecule has 0 aliphatic heterocycles. The summed E-state index contributed by atoms with van der Waals surface area (Å²) in [6, 6.07) is 0. The molecule has 0 aromatic carbocycles. The molecule has 0 saturated heterocycles. The topological polar surface area (TPSA) is 26.3 Å². The molecule has 0 aromatic heterocycles. The largest absolute Gasteiger partial charge is 0 e. The second-order valence-corrected chi connectivity index (χ2v) is 6.13. The summed E-state index contributed by atoms with van der Waals surface area (Å²) >= 11 is 1.46. The molecule has 0 rings (SSSR count). The van der Waals surface area contributed by atoms with Crippen LogP contribution in [0.25, 0.3) is 0 Å². The zero-order valence-electron chi connectivity index (χ0n) is 14.4. The van der Waals surface area contributed by atoms with E-state index >= 15 is 0 Å². The summed E-state index contributed by atoms with van der Waals surface area (Å²) in [5.41, 5.74) is 0. The number of carbonyl (C=O) groups excluding carboxylic acids is 1. The SMILES string of the molecule is CCCCCCCC/C=C\CCCCCCCC(=O)[O][Ti].[Ti]. The van der Waals surface area contributed by atoms with Crippen LogP contribution in [0.5, 0.6) is 0 Å². The van der Waals surface area contributed by atoms with Crippen LogP contribution in [0.4, 0.5) is 0 Å². The van der Waals surface area contributed by atoms with Crippen molar-refractivity contribution < 1.29 is 50.7 Å². The molecule has 0 aromatic rings. The number of rotatable bonds is 15. The number of allylic oxidation sites excluding steroid dienone is 2. The maximum atomic E-state index is 10.9. The van der Waals surface area contributed by atoms with Gasteiger partial charge in [-0.25, -0.2) is 0 Å². The Morgan fingerprint density at radius 1 is 0.818 bits per heavy atom. The fourth-order valence-corrected chi connectivity index (χ4v) is 2.55. The average Bonchev–Trinajstić information content (AvgIpc) is 2.50. The molecule has 0 aliphatic carbocycles. The molecular weight excluding hydrogens is 344 g/mol. The Labute approximate surface area is 165 Å². The first-order valence-corrected chi connectivity index (χ1v) is 9.46. The van der Waals surface area contributed by atoms with Crippen LogP contribution < -0.4 is 0 Å². The van der Waals surface area contributed by atoms with Crippen molar-refractivity contribution in [2.45, 2.75) is 96.8 Å². The van der Waals surface area contributed by atoms with Gasteiger partial charge in [-0.15, -0.1) is 0 Å². The molecule has 0 amide bonds. The van der Waals surface area contributed by atoms with Gasteiger partial charge in [0, 0.05) is 21.7 Å². The predicted molar refractivity (Wildman–Crippen MR) is 85.5 cm³/mol. The van der Waals surface area contributed by atoms with E-state index in [2.05, 4.69) is 22.4 Å². The molecule has 0 bridgehead atoms. The minimum Gasteiger partial charge on any atom is 0 e. The Bertz CT molecular complexity index is 255. The van der Waals surface area contributed by atoms with Gasteiger partial charge in [-0.2, -0.15) is 0 Å². The first kappa shape index (κ1) is 24.9. The van der Waals surface area contributed by atoms with Crippen molar-refractivity contribution in [2.24, 2.45) is 0 Å². The maximum Gasteiger partial charge on any atom is 0 e. The van der Waals surface area contributed by atoms with Gasteiger partial charge in [0.2, 0.25) is 0 Å². The second kappa shape index (κ2) is 21.6. The molecule has 22 heavy (non-hydrogen) atoms. The summed E-state index contributed by atoms with van der Waals surface area (Å²) in [7, 11) is 0. The van der Waals surface area contributed by atoms with Crippen LogP contribution in [0.15, 0.2) is 12.2 Å². The number of hydrogen-bond acceptors (Lipinski definition) is 2. The van der Waals surface area contributed by atoms with E-state index in [4.69, 9.17) is 0 Å². The molecule has 0 aliphatic rings. The minimum absolute atomic E-state index is 0. The molecule has 0 N–H and O–H groups in total. The van der Waals surface area contributed by atoms with Crippen molar-refractivity contribution in [1.29, 1.82) is 0 Å². The molecule has 125 valence electrons. The fraction of sp³-hybridized carbons (Fsp3) is 0.833. The molecule has 0 radical (unpaired) electrons. The molecule has 0 fully saturated rings. The standard InChI is InChI=1S/C18H34O2.2Ti/c1-2-3-4-5-6-7-8-9-10-11-12-13-14-15-16-17-18(19)20;;/h9-10H,2-8,11-17H2,1H3,(H,19,20);;/q;;+1/p-1/b10-9-;;. The van der Waals surface area contributed by atoms with Crippen molar-refractivity contribution in [3.63, 3.8) is 0 Å². The van der Waals surface area contributed by atoms with Crippen molar-refractivity contribution in [1.82, 2.24) is 0 Å². The number of carbonyl (C=O) groups is 1. The van der Waals surface area contributed by atoms with Crippen molar-refractivity contribution in [2.75, 3.05) is 0 Å². The van der Waals surface area contributed by atoms with E-state index in [1.165, 1.54) is 91.5 Å². The van der Waals surface area contributed by atoms with E-state index in [1.54, 1.807) is 0 Å². The summed E-state index contributed by atoms with van der Waals surface area (Å²) in [4.78, 5) is 10.9. The molecule has 0 heterocycles. The minimum atomic E-state index is -0.0763. The third kappa shape index (κ3) is 20.6. The monoisotopic (exact) mass is 377 g/mol. The number of unbranched alkanes of at least 4 members (excludes halogenated alkanes) is 11. The zero-order valence-corrected chi connectivity index (χ0v) is 17.5. The van der Waals surface area contributed by atoms with Crippen LogP contribution in [0.1, 0.15) is 96.8 Å². The second-order valence-electron chi connectivity index (χ2n) is 5.81. The van der Waals surface area contributed by atoms with Crippen LogP contribution in [0, 0.1) is 0 Å². The van der Waals surface area contributed by atoms with Crippen molar-refractivity contribution >= 4 is 5.97 Å². The van der Waals surface area contributed by atoms with E-state index in [-0.39, 0.29) is 27.7 Å². The van der Waals surface area contributed by atoms with E-state index in [9.17, 15) is 4.79 Å². The molecule has 4 heteroatoms. The first-order valence-electron chi connectivity index (χ1n) is 8.82. The Hall–Kier alpha value is 0.639. The van der Waals surface area contributed by atoms with Gasteiger partial charge in [-0.3, -0.25) is 0 Å². The van der Waals surface area contributed by atoms with Gasteiger partial charge < -0.3 is 0 Å². The number of hydrogen-bond donors (Lipinski definition) is 0. The van der Waals surface area contributed by atoms with Crippen molar-refractivity contribution in [3.05, 3.63) is 12.2 Å². The van der Waals surface area contributed by atoms with Gasteiger partial charge in [-0.1, -0.05) is 39.0 Å². The Morgan fingerprint density at radius 3 is 1.77 bits per heavy atom. The van der Waals surface area contributed by atoms with Crippen LogP contribution in [0.2, 0.25) is 0 Å². The third-order valence-electron chi connectivity index (χ3n) is 3.76. The average molecular weight is 377 g/mol. The molecule has 0 unspecified atom stereocenters. The van der Waals surface area contributed by atoms with E-state index in [0.717, 1.165) is 12.8 Å². The summed E-state index contributed by atoms with van der Waals surface area (Å²) in [6.07, 6.45) is 22.0. The Morgan fingerprint density at radius 2 is 1.27 bits per heavy atom. The van der Waals surface area contributed by atoms with Gasteiger partial charge in [0.1, 0.15) is 0 Å². The third-order valence-corrected chi connectivity index (χ3v) is 4.11. The zero-order chi connectivity index (χ0) is 15.6. The first-order chi connectivity index (χ1) is 10.3. The molecule has 0 atom stereocenters. The van der Waals surface area contributed by atoms with Gasteiger partial charge in [0.25, 0.3) is 0 Å². The summed E-state index contributed by atoms with van der Waals surface area (Å²) in [5.74, 6) is -0.0763. The van der Waals surface area contributed by atoms with Gasteiger partial charge in [-0.05, 0) is 6.42 Å². The van der Waals surface area contributed by atoms with Crippen LogP contribution in [0.3, 0.4) is 0 Å². The Kier molecular flexibility index (Phi) is 24.5. The normalized spacial score (nSPS) is 10.5. The molecule has 0 spiro atoms. The van der Waals surface area contributed by atoms with Crippen LogP contribution >= 0.6 is 0 Å². The smallest absolute Gasteiger partial charge is 0 e. The van der Waals surface area contributed by atoms with Crippen molar-refractivity contribution in [3.8, 4) is 0 Å². The van der Waals surface area contributed by atoms with Gasteiger partial charge in [0.15, 0.2) is 0 Å². The Balaban J connectivity index is 0. The predicted octanol–water partition coefficient (Wildman–Crippen LogP) is 6.03. The van der Waals surface area contributed by atoms with E-state index in [1.807, 2.05) is 0 Å². The van der Waals surface area contributed by atoms with E-state index < -0.39 is 0 Å². The summed E-state index contributed by atoms with van der Waals surface area (Å²) < 4.78 is 4.62. The quantitative estimate of drug-likeness (QED) is 0.198. The van der Waals surface area contributed by atoms with Gasteiger partial charge in [0.05, 0.1) is 0 Å². The summed E-state index contributed by atoms with van der Waals surface area (Å²) in [5, 5.41) is 0. The van der Waals surface area contributed by atoms with Crippen LogP contribution in [-0.4, -0.2) is 5.97 Å². The van der Waals surface area contributed by atoms with Crippen LogP contribution in [-0.2, 0) is 50.7 Å². The molecule has 0 saturated carbocycles. The maximum absolute atomic E-state index is 10.9. The summed E-state index contributed by atoms with van der Waals surface area (Å²) in [6.45, 7) is 2.27. The van der Waals surface area contributed by atoms with Gasteiger partial charge >= 0.3 is 98.4 Å². The van der Waals surface area contributed by atoms with E-state index in [0.29, 0.717) is 6.42 Å². The molecule has 2 nitrogen and oxygen atoms in total. The molecular formula is C18H33O2Ti2. The fourth-order valence-electron chi connectivity index (χ4n) is 2.39.